The van der Waals surface area contributed by atoms with Crippen LogP contribution < -0.4 is 5.32 Å². The summed E-state index contributed by atoms with van der Waals surface area (Å²) in [4.78, 5) is 2.32. The van der Waals surface area contributed by atoms with Crippen LogP contribution in [0.15, 0.2) is 18.2 Å². The molecule has 1 atom stereocenters. The molecule has 0 bridgehead atoms. The molecule has 0 amide bonds. The zero-order chi connectivity index (χ0) is 12.3. The second kappa shape index (κ2) is 5.80. The van der Waals surface area contributed by atoms with E-state index in [-0.39, 0.29) is 5.82 Å². The first-order chi connectivity index (χ1) is 8.15. The third-order valence-corrected chi connectivity index (χ3v) is 3.45. The van der Waals surface area contributed by atoms with Crippen molar-refractivity contribution in [3.05, 3.63) is 34.6 Å². The van der Waals surface area contributed by atoms with E-state index in [4.69, 9.17) is 11.6 Å². The molecule has 4 heteroatoms. The Balaban J connectivity index is 2.06. The third kappa shape index (κ3) is 3.66. The number of hydrogen-bond acceptors (Lipinski definition) is 2. The van der Waals surface area contributed by atoms with Gasteiger partial charge in [-0.05, 0) is 50.2 Å². The molecular formula is C13H18ClFN2. The van der Waals surface area contributed by atoms with Crippen LogP contribution in [0.5, 0.6) is 0 Å². The minimum atomic E-state index is -0.217. The minimum absolute atomic E-state index is 0.217. The Labute approximate surface area is 107 Å². The fraction of sp³-hybridized carbons (Fsp3) is 0.538. The summed E-state index contributed by atoms with van der Waals surface area (Å²) in [6.07, 6.45) is 1.12. The van der Waals surface area contributed by atoms with Gasteiger partial charge in [0.05, 0.1) is 0 Å². The summed E-state index contributed by atoms with van der Waals surface area (Å²) in [5.41, 5.74) is 0.876. The Morgan fingerprint density at radius 2 is 2.35 bits per heavy atom. The van der Waals surface area contributed by atoms with Crippen molar-refractivity contribution in [2.45, 2.75) is 25.9 Å². The first-order valence-corrected chi connectivity index (χ1v) is 6.42. The molecule has 0 aromatic heterocycles. The Kier molecular flexibility index (Phi) is 4.37. The van der Waals surface area contributed by atoms with Gasteiger partial charge in [0.1, 0.15) is 5.82 Å². The Morgan fingerprint density at radius 1 is 1.53 bits per heavy atom. The molecule has 1 N–H and O–H groups in total. The summed E-state index contributed by atoms with van der Waals surface area (Å²) in [5.74, 6) is -0.217. The molecule has 1 saturated heterocycles. The van der Waals surface area contributed by atoms with Crippen LogP contribution in [-0.2, 0) is 6.54 Å². The third-order valence-electron chi connectivity index (χ3n) is 3.08. The lowest BCUT2D eigenvalue weighted by Crippen LogP contribution is -2.35. The molecule has 0 saturated carbocycles. The highest BCUT2D eigenvalue weighted by molar-refractivity contribution is 6.31. The van der Waals surface area contributed by atoms with Crippen molar-refractivity contribution in [3.8, 4) is 0 Å². The molecule has 1 aromatic carbocycles. The summed E-state index contributed by atoms with van der Waals surface area (Å²) in [6, 6.07) is 5.04. The second-order valence-electron chi connectivity index (χ2n) is 4.68. The SMILES string of the molecule is CC1CN(Cc2cc(F)ccc2Cl)CCCN1. The highest BCUT2D eigenvalue weighted by Crippen LogP contribution is 2.19. The molecule has 2 rings (SSSR count). The fourth-order valence-electron chi connectivity index (χ4n) is 2.24. The standard InChI is InChI=1S/C13H18ClFN2/c1-10-8-17(6-2-5-16-10)9-11-7-12(15)3-4-13(11)14/h3-4,7,10,16H,2,5-6,8-9H2,1H3. The lowest BCUT2D eigenvalue weighted by atomic mass is 10.2. The van der Waals surface area contributed by atoms with Gasteiger partial charge in [-0.3, -0.25) is 4.90 Å². The van der Waals surface area contributed by atoms with Crippen LogP contribution >= 0.6 is 11.6 Å². The predicted octanol–water partition coefficient (Wildman–Crippen LogP) is 2.66. The highest BCUT2D eigenvalue weighted by atomic mass is 35.5. The molecule has 1 fully saturated rings. The van der Waals surface area contributed by atoms with E-state index in [1.165, 1.54) is 12.1 Å². The molecule has 0 radical (unpaired) electrons. The summed E-state index contributed by atoms with van der Waals surface area (Å²) >= 11 is 6.08. The van der Waals surface area contributed by atoms with Gasteiger partial charge in [0.25, 0.3) is 0 Å². The fourth-order valence-corrected chi connectivity index (χ4v) is 2.42. The molecule has 1 aliphatic heterocycles. The quantitative estimate of drug-likeness (QED) is 0.875. The van der Waals surface area contributed by atoms with Crippen molar-refractivity contribution >= 4 is 11.6 Å². The van der Waals surface area contributed by atoms with Gasteiger partial charge in [0, 0.05) is 24.2 Å². The van der Waals surface area contributed by atoms with Crippen molar-refractivity contribution in [2.24, 2.45) is 0 Å². The Hall–Kier alpha value is -0.640. The lowest BCUT2D eigenvalue weighted by Gasteiger charge is -2.22. The van der Waals surface area contributed by atoms with Crippen LogP contribution in [-0.4, -0.2) is 30.6 Å². The van der Waals surface area contributed by atoms with Gasteiger partial charge in [0.2, 0.25) is 0 Å². The summed E-state index contributed by atoms with van der Waals surface area (Å²) < 4.78 is 13.2. The van der Waals surface area contributed by atoms with E-state index in [1.54, 1.807) is 6.07 Å². The number of rotatable bonds is 2. The molecule has 94 valence electrons. The highest BCUT2D eigenvalue weighted by Gasteiger charge is 2.15. The van der Waals surface area contributed by atoms with Crippen molar-refractivity contribution < 1.29 is 4.39 Å². The molecule has 0 aliphatic carbocycles. The maximum Gasteiger partial charge on any atom is 0.123 e. The maximum atomic E-state index is 13.2. The summed E-state index contributed by atoms with van der Waals surface area (Å²) in [7, 11) is 0. The van der Waals surface area contributed by atoms with Crippen LogP contribution in [0.25, 0.3) is 0 Å². The number of halogens is 2. The van der Waals surface area contributed by atoms with Crippen LogP contribution in [0, 0.1) is 5.82 Å². The van der Waals surface area contributed by atoms with Crippen molar-refractivity contribution in [1.29, 1.82) is 0 Å². The topological polar surface area (TPSA) is 15.3 Å². The molecule has 1 aromatic rings. The van der Waals surface area contributed by atoms with Crippen LogP contribution in [0.4, 0.5) is 4.39 Å². The number of nitrogens with zero attached hydrogens (tertiary/aromatic N) is 1. The van der Waals surface area contributed by atoms with Crippen LogP contribution in [0.3, 0.4) is 0 Å². The largest absolute Gasteiger partial charge is 0.313 e. The first kappa shape index (κ1) is 12.8. The summed E-state index contributed by atoms with van der Waals surface area (Å²) in [5, 5.41) is 4.09. The first-order valence-electron chi connectivity index (χ1n) is 6.05. The van der Waals surface area contributed by atoms with Gasteiger partial charge in [-0.2, -0.15) is 0 Å². The van der Waals surface area contributed by atoms with Crippen molar-refractivity contribution in [3.63, 3.8) is 0 Å². The zero-order valence-corrected chi connectivity index (χ0v) is 10.8. The minimum Gasteiger partial charge on any atom is -0.313 e. The van der Waals surface area contributed by atoms with E-state index < -0.39 is 0 Å². The second-order valence-corrected chi connectivity index (χ2v) is 5.09. The van der Waals surface area contributed by atoms with Gasteiger partial charge < -0.3 is 5.32 Å². The maximum absolute atomic E-state index is 13.2. The van der Waals surface area contributed by atoms with Gasteiger partial charge in [-0.15, -0.1) is 0 Å². The Morgan fingerprint density at radius 3 is 3.18 bits per heavy atom. The van der Waals surface area contributed by atoms with E-state index >= 15 is 0 Å². The average molecular weight is 257 g/mol. The normalized spacial score (nSPS) is 22.4. The lowest BCUT2D eigenvalue weighted by molar-refractivity contribution is 0.264. The van der Waals surface area contributed by atoms with Crippen molar-refractivity contribution in [2.75, 3.05) is 19.6 Å². The summed E-state index contributed by atoms with van der Waals surface area (Å²) in [6.45, 7) is 5.96. The van der Waals surface area contributed by atoms with Gasteiger partial charge in [-0.25, -0.2) is 4.39 Å². The van der Waals surface area contributed by atoms with Crippen LogP contribution in [0.1, 0.15) is 18.9 Å². The predicted molar refractivity (Wildman–Crippen MR) is 68.8 cm³/mol. The number of nitrogens with one attached hydrogen (secondary N) is 1. The number of hydrogen-bond donors (Lipinski definition) is 1. The van der Waals surface area contributed by atoms with E-state index in [2.05, 4.69) is 17.1 Å². The molecule has 0 spiro atoms. The van der Waals surface area contributed by atoms with Crippen LogP contribution in [0.2, 0.25) is 5.02 Å². The molecular weight excluding hydrogens is 239 g/mol. The van der Waals surface area contributed by atoms with Gasteiger partial charge in [-0.1, -0.05) is 11.6 Å². The van der Waals surface area contributed by atoms with Gasteiger partial charge in [0.15, 0.2) is 0 Å². The number of benzene rings is 1. The van der Waals surface area contributed by atoms with E-state index in [0.29, 0.717) is 11.1 Å². The smallest absolute Gasteiger partial charge is 0.123 e. The van der Waals surface area contributed by atoms with E-state index in [1.807, 2.05) is 0 Å². The van der Waals surface area contributed by atoms with E-state index in [9.17, 15) is 4.39 Å². The monoisotopic (exact) mass is 256 g/mol. The molecule has 1 heterocycles. The molecule has 2 nitrogen and oxygen atoms in total. The molecule has 17 heavy (non-hydrogen) atoms. The van der Waals surface area contributed by atoms with E-state index in [0.717, 1.165) is 38.2 Å². The van der Waals surface area contributed by atoms with Crippen molar-refractivity contribution in [1.82, 2.24) is 10.2 Å². The average Bonchev–Trinajstić information content (AvgIpc) is 2.48. The zero-order valence-electron chi connectivity index (χ0n) is 10.0. The van der Waals surface area contributed by atoms with Gasteiger partial charge >= 0.3 is 0 Å². The Bertz CT molecular complexity index is 384. The molecule has 1 aliphatic rings. The molecule has 1 unspecified atom stereocenters.